The summed E-state index contributed by atoms with van der Waals surface area (Å²) in [4.78, 5) is 0.454. The SMILES string of the molecule is CC=CCC(Br)c1ccccc1. The Balaban J connectivity index is 2.59. The fourth-order valence-electron chi connectivity index (χ4n) is 1.05. The standard InChI is InChI=1S/C11H13Br/c1-2-3-9-11(12)10-7-5-4-6-8-10/h2-8,11H,9H2,1H3. The summed E-state index contributed by atoms with van der Waals surface area (Å²) in [6.07, 6.45) is 5.31. The molecule has 0 spiro atoms. The lowest BCUT2D eigenvalue weighted by atomic mass is 10.1. The molecule has 0 aliphatic heterocycles. The van der Waals surface area contributed by atoms with Gasteiger partial charge in [-0.3, -0.25) is 0 Å². The van der Waals surface area contributed by atoms with Gasteiger partial charge in [0.25, 0.3) is 0 Å². The van der Waals surface area contributed by atoms with Gasteiger partial charge in [0.05, 0.1) is 0 Å². The summed E-state index contributed by atoms with van der Waals surface area (Å²) in [5.41, 5.74) is 1.34. The monoisotopic (exact) mass is 224 g/mol. The van der Waals surface area contributed by atoms with Gasteiger partial charge in [-0.1, -0.05) is 58.4 Å². The second-order valence-electron chi connectivity index (χ2n) is 2.68. The Morgan fingerprint density at radius 2 is 2.00 bits per heavy atom. The van der Waals surface area contributed by atoms with Crippen molar-refractivity contribution >= 4 is 15.9 Å². The molecule has 0 aliphatic rings. The fraction of sp³-hybridized carbons (Fsp3) is 0.273. The number of benzene rings is 1. The first-order valence-corrected chi connectivity index (χ1v) is 5.06. The summed E-state index contributed by atoms with van der Waals surface area (Å²) in [7, 11) is 0. The van der Waals surface area contributed by atoms with E-state index in [9.17, 15) is 0 Å². The Hall–Kier alpha value is -0.560. The molecule has 0 nitrogen and oxygen atoms in total. The Bertz CT molecular complexity index is 238. The average molecular weight is 225 g/mol. The van der Waals surface area contributed by atoms with Crippen LogP contribution < -0.4 is 0 Å². The maximum Gasteiger partial charge on any atom is 0.0429 e. The molecule has 1 atom stereocenters. The van der Waals surface area contributed by atoms with Gasteiger partial charge in [-0.05, 0) is 18.9 Å². The van der Waals surface area contributed by atoms with E-state index in [4.69, 9.17) is 0 Å². The topological polar surface area (TPSA) is 0 Å². The highest BCUT2D eigenvalue weighted by atomic mass is 79.9. The first-order chi connectivity index (χ1) is 5.84. The first-order valence-electron chi connectivity index (χ1n) is 4.14. The minimum absolute atomic E-state index is 0.454. The summed E-state index contributed by atoms with van der Waals surface area (Å²) >= 11 is 3.64. The molecule has 12 heavy (non-hydrogen) atoms. The van der Waals surface area contributed by atoms with E-state index in [0.717, 1.165) is 6.42 Å². The second kappa shape index (κ2) is 5.15. The molecule has 1 rings (SSSR count). The highest BCUT2D eigenvalue weighted by molar-refractivity contribution is 9.09. The van der Waals surface area contributed by atoms with Gasteiger partial charge < -0.3 is 0 Å². The van der Waals surface area contributed by atoms with Crippen molar-refractivity contribution in [3.63, 3.8) is 0 Å². The van der Waals surface area contributed by atoms with Gasteiger partial charge in [0, 0.05) is 4.83 Å². The van der Waals surface area contributed by atoms with E-state index in [-0.39, 0.29) is 0 Å². The average Bonchev–Trinajstić information content (AvgIpc) is 2.15. The van der Waals surface area contributed by atoms with Crippen LogP contribution in [0.4, 0.5) is 0 Å². The third-order valence-electron chi connectivity index (χ3n) is 1.74. The summed E-state index contributed by atoms with van der Waals surface area (Å²) in [5.74, 6) is 0. The normalized spacial score (nSPS) is 13.5. The molecule has 0 amide bonds. The van der Waals surface area contributed by atoms with Crippen LogP contribution in [0, 0.1) is 0 Å². The van der Waals surface area contributed by atoms with Crippen molar-refractivity contribution in [1.29, 1.82) is 0 Å². The van der Waals surface area contributed by atoms with Gasteiger partial charge in [0.15, 0.2) is 0 Å². The Labute approximate surface area is 82.4 Å². The molecule has 1 aromatic carbocycles. The fourth-order valence-corrected chi connectivity index (χ4v) is 1.57. The first kappa shape index (κ1) is 9.53. The molecule has 64 valence electrons. The number of allylic oxidation sites excluding steroid dienone is 2. The zero-order valence-corrected chi connectivity index (χ0v) is 8.79. The predicted molar refractivity (Wildman–Crippen MR) is 57.5 cm³/mol. The lowest BCUT2D eigenvalue weighted by Crippen LogP contribution is -1.86. The molecular weight excluding hydrogens is 212 g/mol. The molecule has 0 saturated heterocycles. The summed E-state index contributed by atoms with van der Waals surface area (Å²) in [6.45, 7) is 2.05. The van der Waals surface area contributed by atoms with E-state index in [2.05, 4.69) is 52.3 Å². The van der Waals surface area contributed by atoms with Crippen molar-refractivity contribution in [2.45, 2.75) is 18.2 Å². The van der Waals surface area contributed by atoms with Crippen LogP contribution in [0.5, 0.6) is 0 Å². The Kier molecular flexibility index (Phi) is 4.09. The van der Waals surface area contributed by atoms with Crippen molar-refractivity contribution in [3.8, 4) is 0 Å². The highest BCUT2D eigenvalue weighted by Gasteiger charge is 2.02. The van der Waals surface area contributed by atoms with E-state index < -0.39 is 0 Å². The maximum atomic E-state index is 3.64. The van der Waals surface area contributed by atoms with Crippen LogP contribution in [0.15, 0.2) is 42.5 Å². The van der Waals surface area contributed by atoms with Gasteiger partial charge >= 0.3 is 0 Å². The number of alkyl halides is 1. The number of halogens is 1. The van der Waals surface area contributed by atoms with Crippen LogP contribution in [0.1, 0.15) is 23.7 Å². The van der Waals surface area contributed by atoms with Gasteiger partial charge in [-0.25, -0.2) is 0 Å². The van der Waals surface area contributed by atoms with Crippen molar-refractivity contribution in [2.75, 3.05) is 0 Å². The smallest absolute Gasteiger partial charge is 0.0429 e. The third-order valence-corrected chi connectivity index (χ3v) is 2.64. The zero-order chi connectivity index (χ0) is 8.81. The molecule has 1 heteroatoms. The van der Waals surface area contributed by atoms with Crippen LogP contribution in [0.3, 0.4) is 0 Å². The van der Waals surface area contributed by atoms with Gasteiger partial charge in [-0.15, -0.1) is 0 Å². The molecule has 0 radical (unpaired) electrons. The minimum atomic E-state index is 0.454. The highest BCUT2D eigenvalue weighted by Crippen LogP contribution is 2.25. The van der Waals surface area contributed by atoms with Crippen molar-refractivity contribution in [1.82, 2.24) is 0 Å². The van der Waals surface area contributed by atoms with Gasteiger partial charge in [-0.2, -0.15) is 0 Å². The van der Waals surface area contributed by atoms with E-state index >= 15 is 0 Å². The van der Waals surface area contributed by atoms with Gasteiger partial charge in [0.2, 0.25) is 0 Å². The maximum absolute atomic E-state index is 3.64. The minimum Gasteiger partial charge on any atom is -0.0916 e. The quantitative estimate of drug-likeness (QED) is 0.536. The molecule has 1 unspecified atom stereocenters. The molecule has 0 aromatic heterocycles. The molecule has 0 saturated carbocycles. The molecule has 0 N–H and O–H groups in total. The third kappa shape index (κ3) is 2.82. The molecule has 0 bridgehead atoms. The second-order valence-corrected chi connectivity index (χ2v) is 3.79. The number of hydrogen-bond acceptors (Lipinski definition) is 0. The number of rotatable bonds is 3. The summed E-state index contributed by atoms with van der Waals surface area (Å²) < 4.78 is 0. The Morgan fingerprint density at radius 1 is 1.33 bits per heavy atom. The molecule has 0 heterocycles. The van der Waals surface area contributed by atoms with Crippen molar-refractivity contribution in [3.05, 3.63) is 48.0 Å². The van der Waals surface area contributed by atoms with Crippen LogP contribution >= 0.6 is 15.9 Å². The van der Waals surface area contributed by atoms with Crippen LogP contribution in [0.2, 0.25) is 0 Å². The van der Waals surface area contributed by atoms with Crippen LogP contribution in [-0.2, 0) is 0 Å². The summed E-state index contributed by atoms with van der Waals surface area (Å²) in [6, 6.07) is 10.5. The van der Waals surface area contributed by atoms with Crippen LogP contribution in [-0.4, -0.2) is 0 Å². The Morgan fingerprint density at radius 3 is 2.58 bits per heavy atom. The van der Waals surface area contributed by atoms with Crippen molar-refractivity contribution in [2.24, 2.45) is 0 Å². The van der Waals surface area contributed by atoms with Crippen molar-refractivity contribution < 1.29 is 0 Å². The van der Waals surface area contributed by atoms with Gasteiger partial charge in [0.1, 0.15) is 0 Å². The van der Waals surface area contributed by atoms with E-state index in [1.165, 1.54) is 5.56 Å². The lowest BCUT2D eigenvalue weighted by molar-refractivity contribution is 0.987. The molecule has 1 aromatic rings. The summed E-state index contributed by atoms with van der Waals surface area (Å²) in [5, 5.41) is 0. The molecular formula is C11H13Br. The zero-order valence-electron chi connectivity index (χ0n) is 7.20. The molecule has 0 fully saturated rings. The van der Waals surface area contributed by atoms with E-state index in [1.807, 2.05) is 13.0 Å². The van der Waals surface area contributed by atoms with E-state index in [0.29, 0.717) is 4.83 Å². The largest absolute Gasteiger partial charge is 0.0916 e. The van der Waals surface area contributed by atoms with Crippen LogP contribution in [0.25, 0.3) is 0 Å². The lowest BCUT2D eigenvalue weighted by Gasteiger charge is -2.05. The predicted octanol–water partition coefficient (Wildman–Crippen LogP) is 4.09. The number of hydrogen-bond donors (Lipinski definition) is 0. The molecule has 0 aliphatic carbocycles. The van der Waals surface area contributed by atoms with E-state index in [1.54, 1.807) is 0 Å².